The lowest BCUT2D eigenvalue weighted by atomic mass is 10.1. The minimum absolute atomic E-state index is 0.139. The maximum Gasteiger partial charge on any atom is 0.416 e. The van der Waals surface area contributed by atoms with Crippen LogP contribution < -0.4 is 0 Å². The number of benzene rings is 1. The normalized spacial score (nSPS) is 18.7. The van der Waals surface area contributed by atoms with Crippen LogP contribution in [0.3, 0.4) is 0 Å². The Bertz CT molecular complexity index is 546. The summed E-state index contributed by atoms with van der Waals surface area (Å²) in [6, 6.07) is 5.22. The highest BCUT2D eigenvalue weighted by Crippen LogP contribution is 2.29. The minimum Gasteiger partial charge on any atom is -0.383 e. The van der Waals surface area contributed by atoms with E-state index >= 15 is 0 Å². The fourth-order valence-corrected chi connectivity index (χ4v) is 3.01. The first-order chi connectivity index (χ1) is 11.3. The number of ether oxygens (including phenoxy) is 1. The molecule has 7 heteroatoms. The highest BCUT2D eigenvalue weighted by atomic mass is 19.4. The van der Waals surface area contributed by atoms with E-state index in [4.69, 9.17) is 4.74 Å². The molecule has 0 unspecified atom stereocenters. The largest absolute Gasteiger partial charge is 0.416 e. The van der Waals surface area contributed by atoms with Crippen molar-refractivity contribution in [1.82, 2.24) is 9.80 Å². The Morgan fingerprint density at radius 3 is 2.54 bits per heavy atom. The molecule has 1 saturated heterocycles. The molecule has 4 nitrogen and oxygen atoms in total. The summed E-state index contributed by atoms with van der Waals surface area (Å²) in [5.74, 6) is 0.383. The number of nitrogens with zero attached hydrogens (tertiary/aromatic N) is 2. The molecule has 1 aliphatic rings. The topological polar surface area (TPSA) is 32.8 Å². The van der Waals surface area contributed by atoms with Crippen LogP contribution in [0.4, 0.5) is 13.2 Å². The van der Waals surface area contributed by atoms with E-state index in [1.165, 1.54) is 12.1 Å². The Morgan fingerprint density at radius 1 is 1.29 bits per heavy atom. The van der Waals surface area contributed by atoms with Gasteiger partial charge in [0.1, 0.15) is 0 Å². The molecule has 1 aromatic rings. The van der Waals surface area contributed by atoms with Crippen LogP contribution in [0.2, 0.25) is 0 Å². The van der Waals surface area contributed by atoms with Crippen LogP contribution >= 0.6 is 0 Å². The first-order valence-electron chi connectivity index (χ1n) is 7.91. The van der Waals surface area contributed by atoms with Gasteiger partial charge >= 0.3 is 6.18 Å². The average Bonchev–Trinajstić information content (AvgIpc) is 2.84. The quantitative estimate of drug-likeness (QED) is 0.762. The van der Waals surface area contributed by atoms with Gasteiger partial charge in [-0.1, -0.05) is 12.1 Å². The molecule has 1 heterocycles. The van der Waals surface area contributed by atoms with Crippen LogP contribution in [-0.2, 0) is 22.3 Å². The SMILES string of the molecule is COCCN1C[C@H](CN(C)Cc2ccc(C(F)(F)F)cc2)CC1=O. The summed E-state index contributed by atoms with van der Waals surface area (Å²) in [6.45, 7) is 3.13. The van der Waals surface area contributed by atoms with Crippen molar-refractivity contribution in [1.29, 1.82) is 0 Å². The predicted molar refractivity (Wildman–Crippen MR) is 84.3 cm³/mol. The predicted octanol–water partition coefficient (Wildman–Crippen LogP) is 2.63. The van der Waals surface area contributed by atoms with Gasteiger partial charge in [0.05, 0.1) is 12.2 Å². The van der Waals surface area contributed by atoms with E-state index in [2.05, 4.69) is 0 Å². The molecular formula is C17H23F3N2O2. The number of amides is 1. The van der Waals surface area contributed by atoms with Gasteiger partial charge in [-0.05, 0) is 30.7 Å². The number of carbonyl (C=O) groups excluding carboxylic acids is 1. The summed E-state index contributed by atoms with van der Waals surface area (Å²) >= 11 is 0. The van der Waals surface area contributed by atoms with Gasteiger partial charge in [-0.25, -0.2) is 0 Å². The zero-order valence-corrected chi connectivity index (χ0v) is 14.0. The van der Waals surface area contributed by atoms with Crippen molar-refractivity contribution in [3.05, 3.63) is 35.4 Å². The van der Waals surface area contributed by atoms with Crippen molar-refractivity contribution >= 4 is 5.91 Å². The number of likely N-dealkylation sites (tertiary alicyclic amines) is 1. The second-order valence-corrected chi connectivity index (χ2v) is 6.29. The average molecular weight is 344 g/mol. The van der Waals surface area contributed by atoms with Gasteiger partial charge in [-0.2, -0.15) is 13.2 Å². The molecule has 1 aromatic carbocycles. The number of hydrogen-bond acceptors (Lipinski definition) is 3. The standard InChI is InChI=1S/C17H23F3N2O2/c1-21(10-13-3-5-15(6-4-13)17(18,19)20)11-14-9-16(23)22(12-14)7-8-24-2/h3-6,14H,7-12H2,1-2H3/t14-/m0/s1. The highest BCUT2D eigenvalue weighted by molar-refractivity contribution is 5.78. The Labute approximate surface area is 140 Å². The number of rotatable bonds is 7. The van der Waals surface area contributed by atoms with Gasteiger partial charge in [0.2, 0.25) is 5.91 Å². The number of alkyl halides is 3. The highest BCUT2D eigenvalue weighted by Gasteiger charge is 2.31. The van der Waals surface area contributed by atoms with Crippen molar-refractivity contribution in [2.45, 2.75) is 19.1 Å². The third-order valence-electron chi connectivity index (χ3n) is 4.16. The molecular weight excluding hydrogens is 321 g/mol. The summed E-state index contributed by atoms with van der Waals surface area (Å²) in [7, 11) is 3.52. The van der Waals surface area contributed by atoms with Crippen molar-refractivity contribution in [3.63, 3.8) is 0 Å². The van der Waals surface area contributed by atoms with E-state index in [0.29, 0.717) is 32.7 Å². The molecule has 24 heavy (non-hydrogen) atoms. The van der Waals surface area contributed by atoms with E-state index in [-0.39, 0.29) is 11.8 Å². The maximum atomic E-state index is 12.6. The molecule has 0 bridgehead atoms. The van der Waals surface area contributed by atoms with Crippen molar-refractivity contribution in [2.75, 3.05) is 40.4 Å². The smallest absolute Gasteiger partial charge is 0.383 e. The van der Waals surface area contributed by atoms with Gasteiger partial charge in [0.25, 0.3) is 0 Å². The zero-order chi connectivity index (χ0) is 17.7. The lowest BCUT2D eigenvalue weighted by molar-refractivity contribution is -0.137. The molecule has 0 aromatic heterocycles. The molecule has 0 aliphatic carbocycles. The maximum absolute atomic E-state index is 12.6. The Hall–Kier alpha value is -1.60. The third-order valence-corrected chi connectivity index (χ3v) is 4.16. The molecule has 1 atom stereocenters. The van der Waals surface area contributed by atoms with E-state index < -0.39 is 11.7 Å². The van der Waals surface area contributed by atoms with Gasteiger partial charge in [-0.3, -0.25) is 4.79 Å². The fraction of sp³-hybridized carbons (Fsp3) is 0.588. The van der Waals surface area contributed by atoms with Crippen LogP contribution in [0.1, 0.15) is 17.5 Å². The van der Waals surface area contributed by atoms with Gasteiger partial charge < -0.3 is 14.5 Å². The molecule has 1 amide bonds. The molecule has 0 saturated carbocycles. The monoisotopic (exact) mass is 344 g/mol. The lowest BCUT2D eigenvalue weighted by Crippen LogP contribution is -2.31. The number of halogens is 3. The lowest BCUT2D eigenvalue weighted by Gasteiger charge is -2.21. The van der Waals surface area contributed by atoms with Gasteiger partial charge in [-0.15, -0.1) is 0 Å². The van der Waals surface area contributed by atoms with E-state index in [1.54, 1.807) is 12.0 Å². The molecule has 0 spiro atoms. The molecule has 134 valence electrons. The minimum atomic E-state index is -4.31. The van der Waals surface area contributed by atoms with Crippen molar-refractivity contribution in [2.24, 2.45) is 5.92 Å². The first-order valence-corrected chi connectivity index (χ1v) is 7.91. The third kappa shape index (κ3) is 5.21. The van der Waals surface area contributed by atoms with Crippen LogP contribution in [0.15, 0.2) is 24.3 Å². The zero-order valence-electron chi connectivity index (χ0n) is 14.0. The summed E-state index contributed by atoms with van der Waals surface area (Å²) < 4.78 is 42.7. The fourth-order valence-electron chi connectivity index (χ4n) is 3.01. The Kier molecular flexibility index (Phi) is 6.23. The second-order valence-electron chi connectivity index (χ2n) is 6.29. The molecule has 2 rings (SSSR count). The van der Waals surface area contributed by atoms with Gasteiger partial charge in [0.15, 0.2) is 0 Å². The number of carbonyl (C=O) groups is 1. The molecule has 1 fully saturated rings. The first kappa shape index (κ1) is 18.7. The van der Waals surface area contributed by atoms with E-state index in [0.717, 1.165) is 24.2 Å². The van der Waals surface area contributed by atoms with E-state index in [1.807, 2.05) is 11.9 Å². The molecule has 1 aliphatic heterocycles. The van der Waals surface area contributed by atoms with E-state index in [9.17, 15) is 18.0 Å². The number of hydrogen-bond donors (Lipinski definition) is 0. The van der Waals surface area contributed by atoms with Crippen LogP contribution in [0.5, 0.6) is 0 Å². The van der Waals surface area contributed by atoms with Crippen LogP contribution in [0.25, 0.3) is 0 Å². The summed E-state index contributed by atoms with van der Waals surface area (Å²) in [5, 5.41) is 0. The molecule has 0 radical (unpaired) electrons. The Morgan fingerprint density at radius 2 is 1.96 bits per heavy atom. The Balaban J connectivity index is 1.83. The summed E-state index contributed by atoms with van der Waals surface area (Å²) in [6.07, 6.45) is -3.79. The van der Waals surface area contributed by atoms with Crippen molar-refractivity contribution < 1.29 is 22.7 Å². The summed E-state index contributed by atoms with van der Waals surface area (Å²) in [5.41, 5.74) is 0.190. The van der Waals surface area contributed by atoms with Crippen LogP contribution in [0, 0.1) is 5.92 Å². The van der Waals surface area contributed by atoms with Crippen LogP contribution in [-0.4, -0.2) is 56.1 Å². The van der Waals surface area contributed by atoms with Gasteiger partial charge in [0, 0.05) is 39.7 Å². The summed E-state index contributed by atoms with van der Waals surface area (Å²) in [4.78, 5) is 15.8. The van der Waals surface area contributed by atoms with Crippen molar-refractivity contribution in [3.8, 4) is 0 Å². The second kappa shape index (κ2) is 7.98. The number of methoxy groups -OCH3 is 1. The molecule has 0 N–H and O–H groups in total.